The minimum atomic E-state index is -0.0637. The zero-order chi connectivity index (χ0) is 10.3. The van der Waals surface area contributed by atoms with Crippen molar-refractivity contribution in [2.24, 2.45) is 0 Å². The lowest BCUT2D eigenvalue weighted by Gasteiger charge is -2.18. The first kappa shape index (κ1) is 12.2. The molecule has 0 aromatic heterocycles. The smallest absolute Gasteiger partial charge is 0.220 e. The molecule has 1 aliphatic heterocycles. The molecule has 0 bridgehead atoms. The summed E-state index contributed by atoms with van der Waals surface area (Å²) >= 11 is 0. The van der Waals surface area contributed by atoms with E-state index >= 15 is 0 Å². The van der Waals surface area contributed by atoms with Gasteiger partial charge < -0.3 is 5.32 Å². The molecule has 0 aliphatic carbocycles. The fourth-order valence-corrected chi connectivity index (χ4v) is 1.31. The summed E-state index contributed by atoms with van der Waals surface area (Å²) in [4.78, 5) is 10.8. The molecule has 2 heteroatoms. The van der Waals surface area contributed by atoms with Crippen molar-refractivity contribution in [2.45, 2.75) is 52.5 Å². The second-order valence-corrected chi connectivity index (χ2v) is 3.67. The molecule has 1 heterocycles. The summed E-state index contributed by atoms with van der Waals surface area (Å²) in [6, 6.07) is 0. The Morgan fingerprint density at radius 2 is 2.15 bits per heavy atom. The van der Waals surface area contributed by atoms with E-state index in [1.165, 1.54) is 6.42 Å². The number of hydrogen-bond donors (Lipinski definition) is 1. The number of hydrogen-bond acceptors (Lipinski definition) is 1. The van der Waals surface area contributed by atoms with E-state index in [2.05, 4.69) is 19.2 Å². The van der Waals surface area contributed by atoms with E-state index in [1.807, 2.05) is 26.0 Å². The van der Waals surface area contributed by atoms with E-state index in [0.29, 0.717) is 6.42 Å². The largest absolute Gasteiger partial charge is 0.347 e. The minimum Gasteiger partial charge on any atom is -0.347 e. The van der Waals surface area contributed by atoms with Crippen molar-refractivity contribution in [3.8, 4) is 0 Å². The number of allylic oxidation sites excluding steroid dienone is 1. The Balaban J connectivity index is 0. The molecule has 0 radical (unpaired) electrons. The first-order valence-electron chi connectivity index (χ1n) is 5.02. The van der Waals surface area contributed by atoms with Crippen LogP contribution in [0, 0.1) is 0 Å². The van der Waals surface area contributed by atoms with Gasteiger partial charge in [0.05, 0.1) is 5.54 Å². The third-order valence-electron chi connectivity index (χ3n) is 1.83. The van der Waals surface area contributed by atoms with Crippen LogP contribution in [0.2, 0.25) is 0 Å². The maximum absolute atomic E-state index is 10.8. The standard InChI is InChI=1S/C8H13NO.C3H8.H2/c1-3-5-8(2)6-4-7(10)9-8;1-3-2;/h3,5H,4,6H2,1-2H3,(H,9,10);3H2,1-2H3;1H/b5-3+;;. The highest BCUT2D eigenvalue weighted by Crippen LogP contribution is 2.20. The Bertz CT molecular complexity index is 192. The molecule has 2 nitrogen and oxygen atoms in total. The summed E-state index contributed by atoms with van der Waals surface area (Å²) in [6.45, 7) is 8.26. The van der Waals surface area contributed by atoms with Gasteiger partial charge in [0.15, 0.2) is 0 Å². The third kappa shape index (κ3) is 4.71. The highest BCUT2D eigenvalue weighted by atomic mass is 16.2. The third-order valence-corrected chi connectivity index (χ3v) is 1.83. The van der Waals surface area contributed by atoms with Crippen molar-refractivity contribution in [1.29, 1.82) is 0 Å². The number of carbonyl (C=O) groups is 1. The van der Waals surface area contributed by atoms with Gasteiger partial charge in [-0.15, -0.1) is 0 Å². The monoisotopic (exact) mass is 185 g/mol. The number of rotatable bonds is 1. The lowest BCUT2D eigenvalue weighted by Crippen LogP contribution is -2.35. The second-order valence-electron chi connectivity index (χ2n) is 3.67. The van der Waals surface area contributed by atoms with Crippen molar-refractivity contribution >= 4 is 5.91 Å². The van der Waals surface area contributed by atoms with E-state index in [4.69, 9.17) is 0 Å². The minimum absolute atomic E-state index is 0. The highest BCUT2D eigenvalue weighted by Gasteiger charge is 2.29. The Morgan fingerprint density at radius 3 is 2.46 bits per heavy atom. The number of carbonyl (C=O) groups excluding carboxylic acids is 1. The molecule has 1 unspecified atom stereocenters. The second kappa shape index (κ2) is 5.79. The quantitative estimate of drug-likeness (QED) is 0.625. The molecule has 1 fully saturated rings. The lowest BCUT2D eigenvalue weighted by molar-refractivity contribution is -0.119. The molecule has 1 N–H and O–H groups in total. The molecule has 0 aromatic rings. The molecule has 0 aromatic carbocycles. The van der Waals surface area contributed by atoms with Crippen LogP contribution >= 0.6 is 0 Å². The Hall–Kier alpha value is -0.790. The van der Waals surface area contributed by atoms with E-state index in [0.717, 1.165) is 6.42 Å². The van der Waals surface area contributed by atoms with Crippen molar-refractivity contribution in [3.05, 3.63) is 12.2 Å². The lowest BCUT2D eigenvalue weighted by atomic mass is 10.0. The van der Waals surface area contributed by atoms with E-state index < -0.39 is 0 Å². The SMILES string of the molecule is C/C=C/C1(C)CCC(=O)N1.CCC.[HH]. The fourth-order valence-electron chi connectivity index (χ4n) is 1.31. The average Bonchev–Trinajstić information content (AvgIpc) is 2.33. The van der Waals surface area contributed by atoms with Crippen LogP contribution in [0.15, 0.2) is 12.2 Å². The molecule has 1 aliphatic rings. The Morgan fingerprint density at radius 1 is 1.62 bits per heavy atom. The van der Waals surface area contributed by atoms with Gasteiger partial charge in [-0.3, -0.25) is 4.79 Å². The normalized spacial score (nSPS) is 26.9. The van der Waals surface area contributed by atoms with Crippen LogP contribution in [-0.4, -0.2) is 11.4 Å². The zero-order valence-corrected chi connectivity index (χ0v) is 9.18. The molecule has 1 amide bonds. The van der Waals surface area contributed by atoms with Crippen molar-refractivity contribution in [1.82, 2.24) is 5.32 Å². The van der Waals surface area contributed by atoms with E-state index in [9.17, 15) is 4.79 Å². The summed E-state index contributed by atoms with van der Waals surface area (Å²) in [5.74, 6) is 0.167. The summed E-state index contributed by atoms with van der Waals surface area (Å²) in [5, 5.41) is 2.91. The summed E-state index contributed by atoms with van der Waals surface area (Å²) in [6.07, 6.45) is 6.86. The van der Waals surface area contributed by atoms with Gasteiger partial charge >= 0.3 is 0 Å². The predicted molar refractivity (Wildman–Crippen MR) is 58.7 cm³/mol. The van der Waals surface area contributed by atoms with Gasteiger partial charge in [-0.25, -0.2) is 0 Å². The van der Waals surface area contributed by atoms with Gasteiger partial charge in [0, 0.05) is 7.85 Å². The van der Waals surface area contributed by atoms with Crippen molar-refractivity contribution in [3.63, 3.8) is 0 Å². The fraction of sp³-hybridized carbons (Fsp3) is 0.727. The van der Waals surface area contributed by atoms with Gasteiger partial charge in [0.1, 0.15) is 0 Å². The molecule has 0 spiro atoms. The number of nitrogens with one attached hydrogen (secondary N) is 1. The molecule has 78 valence electrons. The summed E-state index contributed by atoms with van der Waals surface area (Å²) in [7, 11) is 0. The van der Waals surface area contributed by atoms with Crippen molar-refractivity contribution in [2.75, 3.05) is 0 Å². The highest BCUT2D eigenvalue weighted by molar-refractivity contribution is 5.79. The van der Waals surface area contributed by atoms with Gasteiger partial charge in [-0.2, -0.15) is 0 Å². The summed E-state index contributed by atoms with van der Waals surface area (Å²) < 4.78 is 0. The van der Waals surface area contributed by atoms with E-state index in [1.54, 1.807) is 0 Å². The van der Waals surface area contributed by atoms with Crippen LogP contribution in [0.3, 0.4) is 0 Å². The average molecular weight is 185 g/mol. The first-order valence-corrected chi connectivity index (χ1v) is 5.02. The maximum atomic E-state index is 10.8. The van der Waals surface area contributed by atoms with Gasteiger partial charge in [0.25, 0.3) is 0 Å². The molecule has 1 saturated heterocycles. The first-order chi connectivity index (χ1) is 6.08. The predicted octanol–water partition coefficient (Wildman–Crippen LogP) is 2.89. The molecule has 13 heavy (non-hydrogen) atoms. The van der Waals surface area contributed by atoms with E-state index in [-0.39, 0.29) is 12.9 Å². The Labute approximate surface area is 82.9 Å². The molecular weight excluding hydrogens is 162 g/mol. The van der Waals surface area contributed by atoms with Crippen LogP contribution in [0.25, 0.3) is 0 Å². The van der Waals surface area contributed by atoms with Crippen LogP contribution in [0.5, 0.6) is 0 Å². The molecule has 0 saturated carbocycles. The summed E-state index contributed by atoms with van der Waals surface area (Å²) in [5.41, 5.74) is -0.0637. The number of amides is 1. The topological polar surface area (TPSA) is 29.1 Å². The van der Waals surface area contributed by atoms with Gasteiger partial charge in [-0.05, 0) is 20.3 Å². The van der Waals surface area contributed by atoms with Crippen LogP contribution < -0.4 is 5.32 Å². The van der Waals surface area contributed by atoms with Crippen LogP contribution in [-0.2, 0) is 4.79 Å². The Kier molecular flexibility index (Phi) is 5.44. The molecule has 1 rings (SSSR count). The van der Waals surface area contributed by atoms with Crippen LogP contribution in [0.4, 0.5) is 0 Å². The van der Waals surface area contributed by atoms with Crippen LogP contribution in [0.1, 0.15) is 48.4 Å². The molecule has 1 atom stereocenters. The zero-order valence-electron chi connectivity index (χ0n) is 9.18. The van der Waals surface area contributed by atoms with Gasteiger partial charge in [0.2, 0.25) is 5.91 Å². The van der Waals surface area contributed by atoms with Gasteiger partial charge in [-0.1, -0.05) is 32.4 Å². The maximum Gasteiger partial charge on any atom is 0.220 e. The molecular formula is C11H23NO. The van der Waals surface area contributed by atoms with Crippen molar-refractivity contribution < 1.29 is 6.22 Å².